The molecule has 7 rings (SSSR count). The quantitative estimate of drug-likeness (QED) is 0.0782. The molecule has 0 aliphatic heterocycles. The van der Waals surface area contributed by atoms with Crippen LogP contribution in [-0.2, 0) is 31.0 Å². The summed E-state index contributed by atoms with van der Waals surface area (Å²) in [6.07, 6.45) is -8.96. The minimum atomic E-state index is -4.48. The van der Waals surface area contributed by atoms with Gasteiger partial charge in [-0.2, -0.15) is 26.3 Å². The Morgan fingerprint density at radius 1 is 0.491 bits per heavy atom. The summed E-state index contributed by atoms with van der Waals surface area (Å²) >= 11 is 0. The van der Waals surface area contributed by atoms with Gasteiger partial charge in [-0.05, 0) is 105 Å². The van der Waals surface area contributed by atoms with Crippen LogP contribution >= 0.6 is 0 Å². The molecule has 55 heavy (non-hydrogen) atoms. The number of nitrogens with zero attached hydrogens (tertiary/aromatic N) is 2. The molecule has 14 heteroatoms. The molecule has 1 aliphatic rings. The molecule has 1 aliphatic carbocycles. The van der Waals surface area contributed by atoms with Gasteiger partial charge in [0.25, 0.3) is 11.4 Å². The second-order valence-electron chi connectivity index (χ2n) is 12.7. The maximum atomic E-state index is 13.0. The number of alkyl halides is 6. The first-order valence-electron chi connectivity index (χ1n) is 16.5. The van der Waals surface area contributed by atoms with Crippen LogP contribution in [0.3, 0.4) is 0 Å². The van der Waals surface area contributed by atoms with E-state index in [1.807, 2.05) is 0 Å². The highest BCUT2D eigenvalue weighted by Gasteiger charge is 2.48. The predicted molar refractivity (Wildman–Crippen MR) is 189 cm³/mol. The minimum Gasteiger partial charge on any atom is -0.489 e. The molecule has 0 aromatic heterocycles. The van der Waals surface area contributed by atoms with Crippen molar-refractivity contribution in [1.82, 2.24) is 0 Å². The SMILES string of the molecule is O=[N+]([O-])c1ccc2c(c1)C(c1ccc(OCc3ccc(C(F)(F)F)cc3)cc1)(c1ccc(OCc3ccc(C(F)(F)F)cc3)cc1)c1cc([N+](=O)[O-])ccc1-2. The van der Waals surface area contributed by atoms with Crippen LogP contribution in [0, 0.1) is 20.2 Å². The third-order valence-corrected chi connectivity index (χ3v) is 9.47. The lowest BCUT2D eigenvalue weighted by atomic mass is 9.67. The number of non-ortho nitro benzene ring substituents is 2. The fraction of sp³-hybridized carbons (Fsp3) is 0.122. The van der Waals surface area contributed by atoms with E-state index >= 15 is 0 Å². The molecule has 0 N–H and O–H groups in total. The van der Waals surface area contributed by atoms with Crippen molar-refractivity contribution in [2.75, 3.05) is 0 Å². The lowest BCUT2D eigenvalue weighted by molar-refractivity contribution is -0.385. The van der Waals surface area contributed by atoms with Crippen molar-refractivity contribution in [1.29, 1.82) is 0 Å². The van der Waals surface area contributed by atoms with E-state index in [-0.39, 0.29) is 24.6 Å². The largest absolute Gasteiger partial charge is 0.489 e. The Labute approximate surface area is 308 Å². The summed E-state index contributed by atoms with van der Waals surface area (Å²) in [4.78, 5) is 23.1. The van der Waals surface area contributed by atoms with Crippen molar-refractivity contribution in [2.24, 2.45) is 0 Å². The minimum absolute atomic E-state index is 0.0411. The second-order valence-corrected chi connectivity index (χ2v) is 12.7. The van der Waals surface area contributed by atoms with Crippen molar-refractivity contribution < 1.29 is 45.7 Å². The van der Waals surface area contributed by atoms with Gasteiger partial charge < -0.3 is 9.47 Å². The lowest BCUT2D eigenvalue weighted by Gasteiger charge is -2.33. The van der Waals surface area contributed by atoms with Gasteiger partial charge in [0, 0.05) is 24.3 Å². The highest BCUT2D eigenvalue weighted by molar-refractivity contribution is 5.88. The molecular formula is C41H26F6N2O6. The van der Waals surface area contributed by atoms with Crippen LogP contribution in [0.1, 0.15) is 44.5 Å². The Morgan fingerprint density at radius 2 is 0.836 bits per heavy atom. The smallest absolute Gasteiger partial charge is 0.416 e. The van der Waals surface area contributed by atoms with Gasteiger partial charge in [-0.15, -0.1) is 0 Å². The summed E-state index contributed by atoms with van der Waals surface area (Å²) in [5.74, 6) is 0.727. The van der Waals surface area contributed by atoms with Crippen LogP contribution < -0.4 is 9.47 Å². The molecule has 6 aromatic rings. The zero-order valence-electron chi connectivity index (χ0n) is 28.2. The van der Waals surface area contributed by atoms with Gasteiger partial charge in [-0.1, -0.05) is 48.5 Å². The molecule has 0 radical (unpaired) electrons. The standard InChI is InChI=1S/C41H26F6N2O6/c42-40(43,44)29-5-1-25(2-6-29)23-54-33-15-9-27(10-16-33)39(28-11-17-34(18-12-28)55-24-26-3-7-30(8-4-26)41(45,46)47)37-21-31(48(50)51)13-19-35(37)36-20-14-32(49(52)53)22-38(36)39/h1-22H,23-24H2. The maximum Gasteiger partial charge on any atom is 0.416 e. The average molecular weight is 757 g/mol. The van der Waals surface area contributed by atoms with E-state index in [0.717, 1.165) is 24.3 Å². The van der Waals surface area contributed by atoms with E-state index < -0.39 is 38.7 Å². The highest BCUT2D eigenvalue weighted by atomic mass is 19.4. The van der Waals surface area contributed by atoms with E-state index in [4.69, 9.17) is 9.47 Å². The highest BCUT2D eigenvalue weighted by Crippen LogP contribution is 2.57. The predicted octanol–water partition coefficient (Wildman–Crippen LogP) is 11.1. The Morgan fingerprint density at radius 3 is 1.15 bits per heavy atom. The van der Waals surface area contributed by atoms with Gasteiger partial charge in [0.05, 0.1) is 26.4 Å². The van der Waals surface area contributed by atoms with Gasteiger partial charge in [0.2, 0.25) is 0 Å². The van der Waals surface area contributed by atoms with E-state index in [1.165, 1.54) is 48.5 Å². The van der Waals surface area contributed by atoms with Crippen molar-refractivity contribution in [3.63, 3.8) is 0 Å². The fourth-order valence-corrected chi connectivity index (χ4v) is 6.83. The Hall–Kier alpha value is -6.70. The van der Waals surface area contributed by atoms with Crippen molar-refractivity contribution >= 4 is 11.4 Å². The number of hydrogen-bond acceptors (Lipinski definition) is 6. The number of nitro benzene ring substituents is 2. The molecule has 0 unspecified atom stereocenters. The molecule has 0 heterocycles. The first-order chi connectivity index (χ1) is 26.1. The number of ether oxygens (including phenoxy) is 2. The van der Waals surface area contributed by atoms with Crippen LogP contribution in [0.2, 0.25) is 0 Å². The summed E-state index contributed by atoms with van der Waals surface area (Å²) in [6, 6.07) is 31.3. The van der Waals surface area contributed by atoms with Crippen molar-refractivity contribution in [3.05, 3.63) is 198 Å². The average Bonchev–Trinajstić information content (AvgIpc) is 3.46. The van der Waals surface area contributed by atoms with Gasteiger partial charge >= 0.3 is 12.4 Å². The van der Waals surface area contributed by atoms with E-state index in [1.54, 1.807) is 60.7 Å². The number of nitro groups is 2. The third kappa shape index (κ3) is 7.05. The van der Waals surface area contributed by atoms with Crippen molar-refractivity contribution in [2.45, 2.75) is 31.0 Å². The van der Waals surface area contributed by atoms with Crippen LogP contribution in [0.5, 0.6) is 11.5 Å². The van der Waals surface area contributed by atoms with E-state index in [2.05, 4.69) is 0 Å². The molecular weight excluding hydrogens is 730 g/mol. The molecule has 0 saturated carbocycles. The summed E-state index contributed by atoms with van der Waals surface area (Å²) < 4.78 is 89.9. The number of fused-ring (bicyclic) bond motifs is 3. The van der Waals surface area contributed by atoms with Crippen LogP contribution in [0.15, 0.2) is 133 Å². The summed E-state index contributed by atoms with van der Waals surface area (Å²) in [5.41, 5.74) is 0.953. The molecule has 278 valence electrons. The summed E-state index contributed by atoms with van der Waals surface area (Å²) in [5, 5.41) is 24.2. The first kappa shape index (κ1) is 36.6. The molecule has 0 fully saturated rings. The van der Waals surface area contributed by atoms with Gasteiger partial charge in [-0.25, -0.2) is 0 Å². The van der Waals surface area contributed by atoms with E-state index in [9.17, 15) is 46.6 Å². The number of benzene rings is 6. The van der Waals surface area contributed by atoms with Crippen LogP contribution in [0.4, 0.5) is 37.7 Å². The topological polar surface area (TPSA) is 105 Å². The molecule has 0 amide bonds. The first-order valence-corrected chi connectivity index (χ1v) is 16.5. The molecule has 0 bridgehead atoms. The number of rotatable bonds is 10. The zero-order chi connectivity index (χ0) is 39.1. The van der Waals surface area contributed by atoms with E-state index in [0.29, 0.717) is 56.0 Å². The summed E-state index contributed by atoms with van der Waals surface area (Å²) in [7, 11) is 0. The Kier molecular flexibility index (Phi) is 9.29. The second kappa shape index (κ2) is 13.9. The van der Waals surface area contributed by atoms with Crippen molar-refractivity contribution in [3.8, 4) is 22.6 Å². The van der Waals surface area contributed by atoms with Crippen LogP contribution in [0.25, 0.3) is 11.1 Å². The fourth-order valence-electron chi connectivity index (χ4n) is 6.83. The molecule has 8 nitrogen and oxygen atoms in total. The Bertz CT molecular complexity index is 2220. The molecule has 0 atom stereocenters. The van der Waals surface area contributed by atoms with Gasteiger partial charge in [0.1, 0.15) is 24.7 Å². The number of halogens is 6. The third-order valence-electron chi connectivity index (χ3n) is 9.47. The maximum absolute atomic E-state index is 13.0. The zero-order valence-corrected chi connectivity index (χ0v) is 28.2. The molecule has 6 aromatic carbocycles. The molecule has 0 spiro atoms. The van der Waals surface area contributed by atoms with Crippen LogP contribution in [-0.4, -0.2) is 9.85 Å². The number of hydrogen-bond donors (Lipinski definition) is 0. The van der Waals surface area contributed by atoms with Gasteiger partial charge in [-0.3, -0.25) is 20.2 Å². The monoisotopic (exact) mass is 756 g/mol. The molecule has 0 saturated heterocycles. The summed E-state index contributed by atoms with van der Waals surface area (Å²) in [6.45, 7) is -0.0821. The van der Waals surface area contributed by atoms with Gasteiger partial charge in [0.15, 0.2) is 0 Å². The Balaban J connectivity index is 1.28. The lowest BCUT2D eigenvalue weighted by Crippen LogP contribution is -2.28. The normalized spacial score (nSPS) is 13.1.